The molecule has 2 rings (SSSR count). The fourth-order valence-electron chi connectivity index (χ4n) is 1.85. The Bertz CT molecular complexity index is 885. The number of nitro groups is 1. The lowest BCUT2D eigenvalue weighted by atomic mass is 10.2. The Morgan fingerprint density at radius 2 is 1.84 bits per heavy atom. The van der Waals surface area contributed by atoms with Crippen LogP contribution >= 0.6 is 0 Å². The number of hydrogen-bond donors (Lipinski definition) is 2. The highest BCUT2D eigenvalue weighted by atomic mass is 16.6. The smallest absolute Gasteiger partial charge is 0.271 e. The van der Waals surface area contributed by atoms with Crippen molar-refractivity contribution in [1.29, 1.82) is 5.26 Å². The molecule has 0 saturated carbocycles. The van der Waals surface area contributed by atoms with Gasteiger partial charge in [-0.3, -0.25) is 25.0 Å². The monoisotopic (exact) mass is 336 g/mol. The van der Waals surface area contributed by atoms with Crippen LogP contribution < -0.4 is 10.6 Å². The summed E-state index contributed by atoms with van der Waals surface area (Å²) in [5.41, 5.74) is 0.111. The zero-order valence-corrected chi connectivity index (χ0v) is 12.8. The summed E-state index contributed by atoms with van der Waals surface area (Å²) in [6, 6.07) is 15.3. The van der Waals surface area contributed by atoms with Crippen LogP contribution in [-0.2, 0) is 4.79 Å². The van der Waals surface area contributed by atoms with Crippen molar-refractivity contribution < 1.29 is 14.5 Å². The maximum atomic E-state index is 12.0. The lowest BCUT2D eigenvalue weighted by molar-refractivity contribution is -0.384. The molecular weight excluding hydrogens is 324 g/mol. The van der Waals surface area contributed by atoms with Gasteiger partial charge >= 0.3 is 0 Å². The van der Waals surface area contributed by atoms with Gasteiger partial charge in [0.15, 0.2) is 0 Å². The second-order valence-electron chi connectivity index (χ2n) is 4.77. The average Bonchev–Trinajstić information content (AvgIpc) is 2.63. The Labute approximate surface area is 142 Å². The summed E-state index contributed by atoms with van der Waals surface area (Å²) in [6.45, 7) is 0. The molecule has 0 spiro atoms. The van der Waals surface area contributed by atoms with E-state index in [-0.39, 0.29) is 16.8 Å². The maximum absolute atomic E-state index is 12.0. The van der Waals surface area contributed by atoms with Crippen molar-refractivity contribution in [2.75, 3.05) is 5.32 Å². The number of nitro benzene ring substituents is 1. The maximum Gasteiger partial charge on any atom is 0.271 e. The Morgan fingerprint density at radius 1 is 1.12 bits per heavy atom. The minimum absolute atomic E-state index is 0.138. The summed E-state index contributed by atoms with van der Waals surface area (Å²) in [4.78, 5) is 34.0. The summed E-state index contributed by atoms with van der Waals surface area (Å²) in [5, 5.41) is 24.5. The number of imide groups is 1. The lowest BCUT2D eigenvalue weighted by Gasteiger charge is -2.04. The minimum Gasteiger partial charge on any atom is -0.360 e. The third-order valence-corrected chi connectivity index (χ3v) is 3.07. The molecule has 8 nitrogen and oxygen atoms in total. The standard InChI is InChI=1S/C17H12N4O4/c18-10-13(11-19-14-7-4-8-15(9-14)21(24)25)17(23)20-16(22)12-5-2-1-3-6-12/h1-9,11,19H,(H,20,22,23). The molecule has 0 fully saturated rings. The summed E-state index contributed by atoms with van der Waals surface area (Å²) in [6.07, 6.45) is 1.08. The molecule has 0 bridgehead atoms. The number of non-ortho nitro benzene ring substituents is 1. The first-order valence-corrected chi connectivity index (χ1v) is 7.03. The van der Waals surface area contributed by atoms with Crippen molar-refractivity contribution in [1.82, 2.24) is 5.32 Å². The van der Waals surface area contributed by atoms with Gasteiger partial charge in [-0.2, -0.15) is 5.26 Å². The van der Waals surface area contributed by atoms with Gasteiger partial charge in [-0.15, -0.1) is 0 Å². The molecule has 2 aromatic rings. The first-order chi connectivity index (χ1) is 12.0. The number of carbonyl (C=O) groups is 2. The van der Waals surface area contributed by atoms with Gasteiger partial charge in [0.05, 0.1) is 4.92 Å². The summed E-state index contributed by atoms with van der Waals surface area (Å²) < 4.78 is 0. The molecule has 0 aliphatic rings. The zero-order valence-electron chi connectivity index (χ0n) is 12.8. The topological polar surface area (TPSA) is 125 Å². The molecule has 124 valence electrons. The van der Waals surface area contributed by atoms with E-state index < -0.39 is 16.7 Å². The summed E-state index contributed by atoms with van der Waals surface area (Å²) >= 11 is 0. The van der Waals surface area contributed by atoms with Gasteiger partial charge in [0, 0.05) is 29.6 Å². The molecule has 0 saturated heterocycles. The van der Waals surface area contributed by atoms with Gasteiger partial charge in [-0.1, -0.05) is 24.3 Å². The fourth-order valence-corrected chi connectivity index (χ4v) is 1.85. The van der Waals surface area contributed by atoms with E-state index >= 15 is 0 Å². The number of anilines is 1. The molecule has 2 N–H and O–H groups in total. The van der Waals surface area contributed by atoms with Gasteiger partial charge < -0.3 is 5.32 Å². The minimum atomic E-state index is -0.880. The van der Waals surface area contributed by atoms with Crippen molar-refractivity contribution in [3.05, 3.63) is 82.0 Å². The molecule has 0 aromatic heterocycles. The van der Waals surface area contributed by atoms with E-state index in [0.717, 1.165) is 6.20 Å². The van der Waals surface area contributed by atoms with Crippen molar-refractivity contribution in [3.8, 4) is 6.07 Å². The normalized spacial score (nSPS) is 10.4. The third kappa shape index (κ3) is 4.74. The number of nitrogens with zero attached hydrogens (tertiary/aromatic N) is 2. The van der Waals surface area contributed by atoms with E-state index in [0.29, 0.717) is 5.69 Å². The highest BCUT2D eigenvalue weighted by Gasteiger charge is 2.14. The van der Waals surface area contributed by atoms with E-state index in [1.807, 2.05) is 0 Å². The van der Waals surface area contributed by atoms with Crippen molar-refractivity contribution >= 4 is 23.2 Å². The Balaban J connectivity index is 2.08. The van der Waals surface area contributed by atoms with Crippen molar-refractivity contribution in [2.24, 2.45) is 0 Å². The van der Waals surface area contributed by atoms with Crippen LogP contribution in [0.3, 0.4) is 0 Å². The Morgan fingerprint density at radius 3 is 2.48 bits per heavy atom. The highest BCUT2D eigenvalue weighted by molar-refractivity contribution is 6.11. The van der Waals surface area contributed by atoms with Crippen LogP contribution in [0, 0.1) is 21.4 Å². The van der Waals surface area contributed by atoms with E-state index in [2.05, 4.69) is 10.6 Å². The van der Waals surface area contributed by atoms with Gasteiger partial charge in [-0.05, 0) is 18.2 Å². The molecule has 0 atom stereocenters. The number of nitrogens with one attached hydrogen (secondary N) is 2. The quantitative estimate of drug-likeness (QED) is 0.374. The Kier molecular flexibility index (Phi) is 5.58. The third-order valence-electron chi connectivity index (χ3n) is 3.07. The van der Waals surface area contributed by atoms with Gasteiger partial charge in [0.1, 0.15) is 11.6 Å². The predicted molar refractivity (Wildman–Crippen MR) is 89.3 cm³/mol. The SMILES string of the molecule is N#CC(=CNc1cccc([N+](=O)[O-])c1)C(=O)NC(=O)c1ccccc1. The van der Waals surface area contributed by atoms with E-state index in [9.17, 15) is 19.7 Å². The Hall–Kier alpha value is -3.99. The molecule has 0 heterocycles. The van der Waals surface area contributed by atoms with Crippen LogP contribution in [0.2, 0.25) is 0 Å². The zero-order chi connectivity index (χ0) is 18.2. The molecule has 0 aliphatic heterocycles. The second kappa shape index (κ2) is 8.03. The van der Waals surface area contributed by atoms with E-state index in [4.69, 9.17) is 5.26 Å². The molecular formula is C17H12N4O4. The van der Waals surface area contributed by atoms with Crippen LogP contribution in [0.5, 0.6) is 0 Å². The molecule has 0 aliphatic carbocycles. The van der Waals surface area contributed by atoms with Crippen molar-refractivity contribution in [3.63, 3.8) is 0 Å². The molecule has 0 radical (unpaired) electrons. The summed E-state index contributed by atoms with van der Waals surface area (Å²) in [7, 11) is 0. The number of hydrogen-bond acceptors (Lipinski definition) is 6. The first kappa shape index (κ1) is 17.4. The molecule has 25 heavy (non-hydrogen) atoms. The highest BCUT2D eigenvalue weighted by Crippen LogP contribution is 2.17. The lowest BCUT2D eigenvalue weighted by Crippen LogP contribution is -2.31. The first-order valence-electron chi connectivity index (χ1n) is 7.03. The van der Waals surface area contributed by atoms with Crippen LogP contribution in [-0.4, -0.2) is 16.7 Å². The van der Waals surface area contributed by atoms with Crippen LogP contribution in [0.4, 0.5) is 11.4 Å². The largest absolute Gasteiger partial charge is 0.360 e. The molecule has 2 amide bonds. The van der Waals surface area contributed by atoms with E-state index in [1.165, 1.54) is 36.4 Å². The van der Waals surface area contributed by atoms with Crippen LogP contribution in [0.1, 0.15) is 10.4 Å². The molecule has 0 unspecified atom stereocenters. The average molecular weight is 336 g/mol. The van der Waals surface area contributed by atoms with Crippen molar-refractivity contribution in [2.45, 2.75) is 0 Å². The molecule has 8 heteroatoms. The van der Waals surface area contributed by atoms with Crippen LogP contribution in [0.15, 0.2) is 66.4 Å². The number of carbonyl (C=O) groups excluding carboxylic acids is 2. The predicted octanol–water partition coefficient (Wildman–Crippen LogP) is 2.37. The number of benzene rings is 2. The summed E-state index contributed by atoms with van der Waals surface area (Å²) in [5.74, 6) is -1.52. The number of rotatable bonds is 5. The number of amides is 2. The van der Waals surface area contributed by atoms with Gasteiger partial charge in [0.25, 0.3) is 17.5 Å². The molecule has 2 aromatic carbocycles. The van der Waals surface area contributed by atoms with Gasteiger partial charge in [-0.25, -0.2) is 0 Å². The second-order valence-corrected chi connectivity index (χ2v) is 4.77. The fraction of sp³-hybridized carbons (Fsp3) is 0. The van der Waals surface area contributed by atoms with Crippen LogP contribution in [0.25, 0.3) is 0 Å². The van der Waals surface area contributed by atoms with E-state index in [1.54, 1.807) is 24.3 Å². The number of nitriles is 1. The van der Waals surface area contributed by atoms with Gasteiger partial charge in [0.2, 0.25) is 0 Å².